The number of aliphatic hydroxyl groups excluding tert-OH is 6. The van der Waals surface area contributed by atoms with Crippen LogP contribution in [0.4, 0.5) is 0 Å². The number of aliphatic hydroxyl groups is 9. The van der Waals surface area contributed by atoms with E-state index in [1.54, 1.807) is 13.8 Å². The van der Waals surface area contributed by atoms with Crippen molar-refractivity contribution in [3.63, 3.8) is 0 Å². The third-order valence-electron chi connectivity index (χ3n) is 19.8. The lowest BCUT2D eigenvalue weighted by atomic mass is 9.35. The summed E-state index contributed by atoms with van der Waals surface area (Å²) in [4.78, 5) is 15.6. The van der Waals surface area contributed by atoms with Gasteiger partial charge in [0, 0.05) is 53.0 Å². The lowest BCUT2D eigenvalue weighted by Crippen LogP contribution is -2.74. The zero-order valence-electron chi connectivity index (χ0n) is 39.7. The molecule has 7 aliphatic carbocycles. The van der Waals surface area contributed by atoms with Gasteiger partial charge in [0.05, 0.1) is 65.8 Å². The van der Waals surface area contributed by atoms with Crippen LogP contribution in [0.15, 0.2) is 46.8 Å². The molecule has 6 fully saturated rings. The molecule has 20 unspecified atom stereocenters. The molecule has 9 aliphatic rings. The molecule has 66 heavy (non-hydrogen) atoms. The van der Waals surface area contributed by atoms with E-state index < -0.39 is 87.7 Å². The molecule has 0 aromatic carbocycles. The number of fused-ring (bicyclic) bond motifs is 5. The molecule has 14 heteroatoms. The summed E-state index contributed by atoms with van der Waals surface area (Å²) in [5.74, 6) is -2.16. The molecule has 0 aromatic rings. The van der Waals surface area contributed by atoms with E-state index >= 15 is 4.79 Å². The van der Waals surface area contributed by atoms with Gasteiger partial charge in [-0.25, -0.2) is 0 Å². The van der Waals surface area contributed by atoms with Gasteiger partial charge in [0.2, 0.25) is 0 Å². The summed E-state index contributed by atoms with van der Waals surface area (Å²) >= 11 is 0. The largest absolute Gasteiger partial charge is 0.396 e. The van der Waals surface area contributed by atoms with E-state index in [1.165, 1.54) is 0 Å². The number of nitrogens with one attached hydrogen (secondary N) is 2. The lowest BCUT2D eigenvalue weighted by molar-refractivity contribution is -0.263. The van der Waals surface area contributed by atoms with Crippen LogP contribution in [0.3, 0.4) is 0 Å². The van der Waals surface area contributed by atoms with Crippen molar-refractivity contribution < 1.29 is 55.5 Å². The molecule has 5 saturated carbocycles. The highest BCUT2D eigenvalue weighted by Crippen LogP contribution is 2.77. The molecule has 14 nitrogen and oxygen atoms in total. The molecular formula is C52H81N3O11. The van der Waals surface area contributed by atoms with Crippen LogP contribution in [0.2, 0.25) is 0 Å². The number of hydrogen-bond donors (Lipinski definition) is 12. The minimum absolute atomic E-state index is 0.0202. The van der Waals surface area contributed by atoms with E-state index in [9.17, 15) is 46.0 Å². The summed E-state index contributed by atoms with van der Waals surface area (Å²) < 4.78 is 6.96. The van der Waals surface area contributed by atoms with Gasteiger partial charge in [-0.05, 0) is 139 Å². The topological polar surface area (TPSA) is 258 Å². The Morgan fingerprint density at radius 1 is 1.00 bits per heavy atom. The first-order chi connectivity index (χ1) is 31.2. The van der Waals surface area contributed by atoms with Crippen molar-refractivity contribution in [1.29, 1.82) is 0 Å². The molecule has 2 spiro atoms. The van der Waals surface area contributed by atoms with Gasteiger partial charge in [-0.1, -0.05) is 51.3 Å². The summed E-state index contributed by atoms with van der Waals surface area (Å²) in [5.41, 5.74) is -1.11. The Hall–Kier alpha value is -2.21. The van der Waals surface area contributed by atoms with E-state index in [2.05, 4.69) is 17.6 Å². The van der Waals surface area contributed by atoms with Crippen LogP contribution in [-0.2, 0) is 9.53 Å². The number of rotatable bonds is 11. The van der Waals surface area contributed by atoms with Gasteiger partial charge in [0.1, 0.15) is 5.60 Å². The molecule has 2 aliphatic heterocycles. The Bertz CT molecular complexity index is 1990. The molecule has 13 N–H and O–H groups in total. The summed E-state index contributed by atoms with van der Waals surface area (Å²) in [6.07, 6.45) is 9.66. The number of ether oxygens (including phenoxy) is 1. The van der Waals surface area contributed by atoms with Gasteiger partial charge < -0.3 is 67.1 Å². The smallest absolute Gasteiger partial charge is 0.182 e. The number of nitrogens with two attached hydrogens (primary N) is 1. The molecule has 20 atom stereocenters. The summed E-state index contributed by atoms with van der Waals surface area (Å²) in [5, 5.41) is 116. The molecule has 1 saturated heterocycles. The van der Waals surface area contributed by atoms with Gasteiger partial charge in [-0.2, -0.15) is 0 Å². The summed E-state index contributed by atoms with van der Waals surface area (Å²) in [6.45, 7) is 7.27. The number of allylic oxidation sites excluding steroid dienone is 5. The Labute approximate surface area is 390 Å². The number of ketones is 1. The van der Waals surface area contributed by atoms with Crippen LogP contribution in [0.25, 0.3) is 0 Å². The van der Waals surface area contributed by atoms with Crippen molar-refractivity contribution >= 4 is 5.78 Å². The zero-order chi connectivity index (χ0) is 47.4. The van der Waals surface area contributed by atoms with E-state index in [4.69, 9.17) is 10.5 Å². The summed E-state index contributed by atoms with van der Waals surface area (Å²) in [6, 6.07) is 0. The second-order valence-electron chi connectivity index (χ2n) is 23.2. The quantitative estimate of drug-likeness (QED) is 0.133. The molecule has 0 amide bonds. The van der Waals surface area contributed by atoms with Crippen molar-refractivity contribution in [2.24, 2.45) is 57.5 Å². The maximum absolute atomic E-state index is 15.6. The first-order valence-corrected chi connectivity index (χ1v) is 25.7. The first-order valence-electron chi connectivity index (χ1n) is 25.7. The molecule has 0 bridgehead atoms. The SMILES string of the molecule is CCCC1CCC2OC3C(C(O)CCCC3(O)C(C)(O)C3CCC4(O)C5=C(NCC(C)O)C(=O)C6CC(O)C(O)CC67CC(C6=C(CCCO)NC(N)C=C6)C=CC57C(O)CC34C)C2CC1. The van der Waals surface area contributed by atoms with Crippen molar-refractivity contribution in [2.45, 2.75) is 203 Å². The number of dihydropyridines is 1. The number of carbonyl (C=O) groups is 1. The van der Waals surface area contributed by atoms with Crippen molar-refractivity contribution in [3.8, 4) is 0 Å². The van der Waals surface area contributed by atoms with Crippen LogP contribution < -0.4 is 16.4 Å². The second kappa shape index (κ2) is 17.6. The van der Waals surface area contributed by atoms with Gasteiger partial charge in [0.15, 0.2) is 5.78 Å². The lowest BCUT2D eigenvalue weighted by Gasteiger charge is -2.70. The van der Waals surface area contributed by atoms with Crippen LogP contribution in [0.5, 0.6) is 0 Å². The fraction of sp³-hybridized carbons (Fsp3) is 0.827. The number of Topliss-reactive ketones (excluding diaryl/α,β-unsaturated/α-hetero) is 1. The Balaban J connectivity index is 1.17. The number of hydrogen-bond acceptors (Lipinski definition) is 14. The highest BCUT2D eigenvalue weighted by atomic mass is 16.5. The molecule has 370 valence electrons. The highest BCUT2D eigenvalue weighted by molar-refractivity contribution is 6.00. The average molecular weight is 924 g/mol. The minimum Gasteiger partial charge on any atom is -0.396 e. The first kappa shape index (κ1) is 48.8. The number of carbonyl (C=O) groups excluding carboxylic acids is 1. The fourth-order valence-electron chi connectivity index (χ4n) is 16.8. The molecular weight excluding hydrogens is 843 g/mol. The van der Waals surface area contributed by atoms with E-state index in [0.29, 0.717) is 31.6 Å². The van der Waals surface area contributed by atoms with Crippen LogP contribution >= 0.6 is 0 Å². The van der Waals surface area contributed by atoms with Crippen molar-refractivity contribution in [2.75, 3.05) is 13.2 Å². The Morgan fingerprint density at radius 3 is 2.48 bits per heavy atom. The Morgan fingerprint density at radius 2 is 1.76 bits per heavy atom. The van der Waals surface area contributed by atoms with Gasteiger partial charge >= 0.3 is 0 Å². The standard InChI is InChI=1S/C52H81N3O11/c1-5-8-29-11-13-32-38(15-12-29)66-46-42(32)35(58)10-6-19-52(46,65)48(4,63)39-18-21-51(64)45-43(54-27-28(2)57)44(62)33-23-36(59)37(60)25-49(33)24-30(17-20-50(45,49)40(61)26-47(39,51)3)31-14-16-41(53)55-34(31)9-7-22-56/h14,16-17,20,28-30,32-33,35-42,46,54-61,63-65H,5-13,15,18-19,21-27,53H2,1-4H3. The fourth-order valence-corrected chi connectivity index (χ4v) is 16.8. The Kier molecular flexibility index (Phi) is 13.0. The van der Waals surface area contributed by atoms with Gasteiger partial charge in [-0.15, -0.1) is 0 Å². The maximum Gasteiger partial charge on any atom is 0.182 e. The van der Waals surface area contributed by atoms with Crippen molar-refractivity contribution in [1.82, 2.24) is 10.6 Å². The van der Waals surface area contributed by atoms with E-state index in [1.807, 2.05) is 31.2 Å². The zero-order valence-corrected chi connectivity index (χ0v) is 39.7. The maximum atomic E-state index is 15.6. The molecule has 0 radical (unpaired) electrons. The third kappa shape index (κ3) is 7.06. The van der Waals surface area contributed by atoms with E-state index in [0.717, 1.165) is 49.8 Å². The average Bonchev–Trinajstić information content (AvgIpc) is 3.64. The van der Waals surface area contributed by atoms with Crippen LogP contribution in [0.1, 0.15) is 137 Å². The normalized spacial score (nSPS) is 49.0. The van der Waals surface area contributed by atoms with Crippen molar-refractivity contribution in [3.05, 3.63) is 46.8 Å². The second-order valence-corrected chi connectivity index (χ2v) is 23.2. The minimum atomic E-state index is -1.90. The van der Waals surface area contributed by atoms with Crippen LogP contribution in [-0.4, -0.2) is 131 Å². The predicted molar refractivity (Wildman–Crippen MR) is 247 cm³/mol. The van der Waals surface area contributed by atoms with Crippen LogP contribution in [0, 0.1) is 51.8 Å². The van der Waals surface area contributed by atoms with E-state index in [-0.39, 0.29) is 99.0 Å². The van der Waals surface area contributed by atoms with Gasteiger partial charge in [-0.3, -0.25) is 4.79 Å². The third-order valence-corrected chi connectivity index (χ3v) is 19.8. The predicted octanol–water partition coefficient (Wildman–Crippen LogP) is 2.87. The molecule has 0 aromatic heterocycles. The van der Waals surface area contributed by atoms with Gasteiger partial charge in [0.25, 0.3) is 0 Å². The summed E-state index contributed by atoms with van der Waals surface area (Å²) in [7, 11) is 0. The molecule has 9 rings (SSSR count). The molecule has 2 heterocycles. The monoisotopic (exact) mass is 924 g/mol. The highest BCUT2D eigenvalue weighted by Gasteiger charge is 2.80.